The molecule has 0 saturated carbocycles. The van der Waals surface area contributed by atoms with Crippen LogP contribution in [0.25, 0.3) is 0 Å². The van der Waals surface area contributed by atoms with Crippen molar-refractivity contribution in [2.24, 2.45) is 0 Å². The number of aryl methyl sites for hydroxylation is 1. The second-order valence-electron chi connectivity index (χ2n) is 12.2. The first-order valence-electron chi connectivity index (χ1n) is 14.2. The van der Waals surface area contributed by atoms with Crippen LogP contribution in [0.1, 0.15) is 66.6 Å². The number of fused-ring (bicyclic) bond motifs is 1. The quantitative estimate of drug-likeness (QED) is 0.187. The van der Waals surface area contributed by atoms with Gasteiger partial charge in [0, 0.05) is 43.5 Å². The highest BCUT2D eigenvalue weighted by Gasteiger charge is 2.36. The minimum absolute atomic E-state index is 0.228. The van der Waals surface area contributed by atoms with Gasteiger partial charge in [-0.05, 0) is 90.7 Å². The summed E-state index contributed by atoms with van der Waals surface area (Å²) < 4.78 is 17.4. The predicted molar refractivity (Wildman–Crippen MR) is 165 cm³/mol. The van der Waals surface area contributed by atoms with Crippen LogP contribution in [0.15, 0.2) is 60.9 Å². The van der Waals surface area contributed by atoms with Gasteiger partial charge in [0.2, 0.25) is 0 Å². The van der Waals surface area contributed by atoms with Crippen molar-refractivity contribution in [2.75, 3.05) is 32.3 Å². The number of esters is 1. The van der Waals surface area contributed by atoms with Gasteiger partial charge in [0.25, 0.3) is 0 Å². The Morgan fingerprint density at radius 3 is 2.50 bits per heavy atom. The number of carbonyl (C=O) groups is 1. The third-order valence-electron chi connectivity index (χ3n) is 8.60. The van der Waals surface area contributed by atoms with E-state index in [0.717, 1.165) is 55.0 Å². The minimum Gasteiger partial charge on any atom is -0.493 e. The standard InChI is InChI=1S/C33H44N2O4Si/c1-33(2,3)40(6,7)39-21-17-24-8-12-27(13-9-24)35(4)28-14-15-29-25(18-20-38-31(29)22-28)10-11-26-23-34-19-16-30(26)32(36)37-5/h8-9,12-16,19,22-23,25H,10-11,17-18,20-21H2,1-7H3/t25-/m1/s1. The minimum atomic E-state index is -1.72. The van der Waals surface area contributed by atoms with Gasteiger partial charge >= 0.3 is 5.97 Å². The lowest BCUT2D eigenvalue weighted by Gasteiger charge is -2.36. The van der Waals surface area contributed by atoms with E-state index < -0.39 is 8.32 Å². The Kier molecular flexibility index (Phi) is 9.36. The number of benzene rings is 2. The summed E-state index contributed by atoms with van der Waals surface area (Å²) in [6, 6.07) is 17.0. The number of carbonyl (C=O) groups excluding carboxylic acids is 1. The summed E-state index contributed by atoms with van der Waals surface area (Å²) in [7, 11) is 1.78. The summed E-state index contributed by atoms with van der Waals surface area (Å²) in [6.07, 6.45) is 6.97. The van der Waals surface area contributed by atoms with Crippen molar-refractivity contribution in [1.29, 1.82) is 0 Å². The fourth-order valence-corrected chi connectivity index (χ4v) is 5.95. The van der Waals surface area contributed by atoms with Crippen molar-refractivity contribution in [1.82, 2.24) is 4.98 Å². The fourth-order valence-electron chi connectivity index (χ4n) is 4.90. The lowest BCUT2D eigenvalue weighted by Crippen LogP contribution is -2.41. The van der Waals surface area contributed by atoms with Crippen molar-refractivity contribution in [3.05, 3.63) is 83.2 Å². The maximum atomic E-state index is 12.2. The normalized spacial score (nSPS) is 15.2. The summed E-state index contributed by atoms with van der Waals surface area (Å²) in [5.74, 6) is 0.992. The van der Waals surface area contributed by atoms with E-state index in [-0.39, 0.29) is 11.0 Å². The first-order chi connectivity index (χ1) is 19.0. The average Bonchev–Trinajstić information content (AvgIpc) is 2.94. The number of hydrogen-bond acceptors (Lipinski definition) is 6. The lowest BCUT2D eigenvalue weighted by molar-refractivity contribution is 0.0599. The molecule has 0 bridgehead atoms. The molecule has 7 heteroatoms. The third-order valence-corrected chi connectivity index (χ3v) is 13.1. The lowest BCUT2D eigenvalue weighted by atomic mass is 9.87. The Morgan fingerprint density at radius 2 is 1.80 bits per heavy atom. The van der Waals surface area contributed by atoms with Crippen LogP contribution in [0.3, 0.4) is 0 Å². The van der Waals surface area contributed by atoms with Gasteiger partial charge in [0.15, 0.2) is 8.32 Å². The van der Waals surface area contributed by atoms with E-state index >= 15 is 0 Å². The molecule has 3 aromatic rings. The van der Waals surface area contributed by atoms with Crippen LogP contribution in [0, 0.1) is 0 Å². The number of pyridine rings is 1. The van der Waals surface area contributed by atoms with Gasteiger partial charge < -0.3 is 18.8 Å². The van der Waals surface area contributed by atoms with Crippen molar-refractivity contribution in [3.8, 4) is 5.75 Å². The van der Waals surface area contributed by atoms with E-state index in [0.29, 0.717) is 18.1 Å². The molecule has 0 amide bonds. The predicted octanol–water partition coefficient (Wildman–Crippen LogP) is 7.70. The molecule has 0 saturated heterocycles. The molecule has 0 spiro atoms. The van der Waals surface area contributed by atoms with Crippen LogP contribution >= 0.6 is 0 Å². The molecule has 4 rings (SSSR count). The number of anilines is 2. The van der Waals surface area contributed by atoms with E-state index in [1.54, 1.807) is 18.5 Å². The summed E-state index contributed by atoms with van der Waals surface area (Å²) in [5, 5.41) is 0.228. The molecule has 1 aliphatic heterocycles. The first-order valence-corrected chi connectivity index (χ1v) is 17.2. The molecule has 0 fully saturated rings. The van der Waals surface area contributed by atoms with Gasteiger partial charge in [-0.25, -0.2) is 4.79 Å². The zero-order valence-corrected chi connectivity index (χ0v) is 26.1. The first kappa shape index (κ1) is 29.8. The molecule has 1 atom stereocenters. The van der Waals surface area contributed by atoms with Crippen LogP contribution < -0.4 is 9.64 Å². The molecule has 2 heterocycles. The molecule has 40 heavy (non-hydrogen) atoms. The highest BCUT2D eigenvalue weighted by Crippen LogP contribution is 2.40. The molecule has 0 unspecified atom stereocenters. The van der Waals surface area contributed by atoms with Crippen molar-refractivity contribution in [2.45, 2.75) is 70.5 Å². The average molecular weight is 561 g/mol. The summed E-state index contributed by atoms with van der Waals surface area (Å²) >= 11 is 0. The summed E-state index contributed by atoms with van der Waals surface area (Å²) in [4.78, 5) is 18.6. The number of hydrogen-bond donors (Lipinski definition) is 0. The number of nitrogens with zero attached hydrogens (tertiary/aromatic N) is 2. The van der Waals surface area contributed by atoms with Crippen LogP contribution in [0.5, 0.6) is 5.75 Å². The van der Waals surface area contributed by atoms with Gasteiger partial charge in [-0.15, -0.1) is 0 Å². The Bertz CT molecular complexity index is 1300. The van der Waals surface area contributed by atoms with E-state index in [9.17, 15) is 4.79 Å². The molecule has 0 radical (unpaired) electrons. The monoisotopic (exact) mass is 560 g/mol. The Balaban J connectivity index is 1.39. The highest BCUT2D eigenvalue weighted by atomic mass is 28.4. The summed E-state index contributed by atoms with van der Waals surface area (Å²) in [5.41, 5.74) is 6.26. The van der Waals surface area contributed by atoms with Crippen molar-refractivity contribution >= 4 is 25.7 Å². The maximum Gasteiger partial charge on any atom is 0.338 e. The van der Waals surface area contributed by atoms with Crippen LogP contribution in [-0.4, -0.2) is 46.6 Å². The second kappa shape index (κ2) is 12.6. The van der Waals surface area contributed by atoms with Crippen molar-refractivity contribution < 1.29 is 18.7 Å². The fraction of sp³-hybridized carbons (Fsp3) is 0.455. The van der Waals surface area contributed by atoms with E-state index in [4.69, 9.17) is 13.9 Å². The van der Waals surface area contributed by atoms with Gasteiger partial charge in [-0.2, -0.15) is 0 Å². The van der Waals surface area contributed by atoms with E-state index in [1.807, 2.05) is 0 Å². The topological polar surface area (TPSA) is 60.9 Å². The molecule has 0 aliphatic carbocycles. The molecule has 6 nitrogen and oxygen atoms in total. The number of rotatable bonds is 10. The van der Waals surface area contributed by atoms with Gasteiger partial charge in [0.1, 0.15) is 5.75 Å². The van der Waals surface area contributed by atoms with E-state index in [1.165, 1.54) is 18.2 Å². The van der Waals surface area contributed by atoms with E-state index in [2.05, 4.69) is 93.3 Å². The maximum absolute atomic E-state index is 12.2. The molecule has 1 aliphatic rings. The Morgan fingerprint density at radius 1 is 1.07 bits per heavy atom. The van der Waals surface area contributed by atoms with Gasteiger partial charge in [-0.1, -0.05) is 39.0 Å². The number of ether oxygens (including phenoxy) is 2. The van der Waals surface area contributed by atoms with Crippen molar-refractivity contribution in [3.63, 3.8) is 0 Å². The number of aromatic nitrogens is 1. The summed E-state index contributed by atoms with van der Waals surface area (Å²) in [6.45, 7) is 12.9. The van der Waals surface area contributed by atoms with Crippen LogP contribution in [0.2, 0.25) is 18.1 Å². The Hall–Kier alpha value is -3.16. The molecule has 2 aromatic carbocycles. The SMILES string of the molecule is COC(=O)c1ccncc1CC[C@@H]1CCOc2cc(N(C)c3ccc(CCO[Si](C)(C)C(C)(C)C)cc3)ccc21. The zero-order chi connectivity index (χ0) is 28.9. The van der Waals surface area contributed by atoms with Gasteiger partial charge in [0.05, 0.1) is 19.3 Å². The molecular formula is C33H44N2O4Si. The van der Waals surface area contributed by atoms with Gasteiger partial charge in [-0.3, -0.25) is 4.98 Å². The highest BCUT2D eigenvalue weighted by molar-refractivity contribution is 6.74. The zero-order valence-electron chi connectivity index (χ0n) is 25.1. The smallest absolute Gasteiger partial charge is 0.338 e. The van der Waals surface area contributed by atoms with Crippen LogP contribution in [0.4, 0.5) is 11.4 Å². The largest absolute Gasteiger partial charge is 0.493 e. The molecule has 1 aromatic heterocycles. The molecular weight excluding hydrogens is 516 g/mol. The molecule has 214 valence electrons. The van der Waals surface area contributed by atoms with Crippen LogP contribution in [-0.2, 0) is 22.0 Å². The second-order valence-corrected chi connectivity index (χ2v) is 17.0. The molecule has 0 N–H and O–H groups in total. The number of methoxy groups -OCH3 is 1. The Labute approximate surface area is 240 Å². The third kappa shape index (κ3) is 6.94.